The fourth-order valence-electron chi connectivity index (χ4n) is 2.54. The maximum absolute atomic E-state index is 11.8. The van der Waals surface area contributed by atoms with Gasteiger partial charge in [-0.05, 0) is 49.8 Å². The van der Waals surface area contributed by atoms with Crippen LogP contribution in [-0.4, -0.2) is 18.1 Å². The molecule has 2 N–H and O–H groups in total. The smallest absolute Gasteiger partial charge is 0.315 e. The van der Waals surface area contributed by atoms with Crippen molar-refractivity contribution in [3.63, 3.8) is 0 Å². The fraction of sp³-hybridized carbons (Fsp3) is 0.533. The minimum atomic E-state index is -0.0977. The molecule has 0 spiro atoms. The lowest BCUT2D eigenvalue weighted by molar-refractivity contribution is 0.208. The van der Waals surface area contributed by atoms with Crippen LogP contribution in [0.2, 0.25) is 10.0 Å². The Hall–Kier alpha value is -0.930. The van der Waals surface area contributed by atoms with Gasteiger partial charge in [0.15, 0.2) is 0 Å². The maximum atomic E-state index is 11.8. The lowest BCUT2D eigenvalue weighted by atomic mass is 9.82. The molecule has 3 nitrogen and oxygen atoms in total. The van der Waals surface area contributed by atoms with Crippen molar-refractivity contribution in [2.24, 2.45) is 5.92 Å². The number of hydrogen-bond acceptors (Lipinski definition) is 1. The van der Waals surface area contributed by atoms with E-state index in [0.29, 0.717) is 22.5 Å². The summed E-state index contributed by atoms with van der Waals surface area (Å²) in [6, 6.07) is 5.68. The summed E-state index contributed by atoms with van der Waals surface area (Å²) in [6.07, 6.45) is 2.83. The summed E-state index contributed by atoms with van der Waals surface area (Å²) >= 11 is 12.0. The molecule has 2 amide bonds. The number of carbonyl (C=O) groups excluding carboxylic acids is 1. The van der Waals surface area contributed by atoms with Crippen LogP contribution >= 0.6 is 23.2 Å². The second-order valence-corrected chi connectivity index (χ2v) is 6.58. The standard InChI is InChI=1S/C15H20Cl2N2O/c1-9-5-13(6-9)19-15(20)18-10(2)7-11-3-4-12(16)8-14(11)17/h3-4,8-10,13H,5-7H2,1-2H3,(H2,18,19,20). The Morgan fingerprint density at radius 1 is 1.40 bits per heavy atom. The first kappa shape index (κ1) is 15.5. The second-order valence-electron chi connectivity index (χ2n) is 5.73. The van der Waals surface area contributed by atoms with Gasteiger partial charge in [-0.1, -0.05) is 36.2 Å². The molecule has 1 aliphatic carbocycles. The van der Waals surface area contributed by atoms with Crippen molar-refractivity contribution >= 4 is 29.2 Å². The summed E-state index contributed by atoms with van der Waals surface area (Å²) in [5.74, 6) is 0.727. The number of rotatable bonds is 4. The van der Waals surface area contributed by atoms with Gasteiger partial charge in [0.05, 0.1) is 0 Å². The van der Waals surface area contributed by atoms with Gasteiger partial charge in [-0.2, -0.15) is 0 Å². The van der Waals surface area contributed by atoms with Crippen LogP contribution in [0.4, 0.5) is 4.79 Å². The molecule has 1 saturated carbocycles. The molecule has 1 atom stereocenters. The van der Waals surface area contributed by atoms with E-state index < -0.39 is 0 Å². The molecule has 2 rings (SSSR count). The van der Waals surface area contributed by atoms with Gasteiger partial charge in [0.25, 0.3) is 0 Å². The van der Waals surface area contributed by atoms with E-state index in [1.54, 1.807) is 6.07 Å². The van der Waals surface area contributed by atoms with Crippen molar-refractivity contribution in [2.45, 2.75) is 45.2 Å². The maximum Gasteiger partial charge on any atom is 0.315 e. The number of amides is 2. The molecule has 1 aromatic rings. The van der Waals surface area contributed by atoms with Crippen LogP contribution in [0.1, 0.15) is 32.3 Å². The zero-order valence-corrected chi connectivity index (χ0v) is 13.3. The third-order valence-electron chi connectivity index (χ3n) is 3.63. The Bertz CT molecular complexity index is 487. The second kappa shape index (κ2) is 6.68. The Morgan fingerprint density at radius 3 is 2.70 bits per heavy atom. The molecule has 1 fully saturated rings. The van der Waals surface area contributed by atoms with E-state index >= 15 is 0 Å². The number of benzene rings is 1. The van der Waals surface area contributed by atoms with Crippen LogP contribution in [-0.2, 0) is 6.42 Å². The summed E-state index contributed by atoms with van der Waals surface area (Å²) in [4.78, 5) is 11.8. The summed E-state index contributed by atoms with van der Waals surface area (Å²) in [5, 5.41) is 7.19. The van der Waals surface area contributed by atoms with Gasteiger partial charge < -0.3 is 10.6 Å². The van der Waals surface area contributed by atoms with Gasteiger partial charge in [0, 0.05) is 22.1 Å². The molecule has 0 aromatic heterocycles. The van der Waals surface area contributed by atoms with Crippen LogP contribution in [0.15, 0.2) is 18.2 Å². The number of hydrogen-bond donors (Lipinski definition) is 2. The van der Waals surface area contributed by atoms with Gasteiger partial charge in [0.2, 0.25) is 0 Å². The van der Waals surface area contributed by atoms with Gasteiger partial charge in [-0.3, -0.25) is 0 Å². The lowest BCUT2D eigenvalue weighted by Gasteiger charge is -2.33. The van der Waals surface area contributed by atoms with E-state index in [1.165, 1.54) is 0 Å². The molecule has 1 aliphatic rings. The first-order chi connectivity index (χ1) is 9.44. The fourth-order valence-corrected chi connectivity index (χ4v) is 3.02. The normalized spacial score (nSPS) is 22.8. The predicted octanol–water partition coefficient (Wildman–Crippen LogP) is 4.02. The molecule has 0 heterocycles. The molecule has 20 heavy (non-hydrogen) atoms. The largest absolute Gasteiger partial charge is 0.335 e. The van der Waals surface area contributed by atoms with Gasteiger partial charge >= 0.3 is 6.03 Å². The summed E-state index contributed by atoms with van der Waals surface area (Å²) in [7, 11) is 0. The van der Waals surface area contributed by atoms with Crippen molar-refractivity contribution in [3.05, 3.63) is 33.8 Å². The molecular formula is C15H20Cl2N2O. The minimum Gasteiger partial charge on any atom is -0.335 e. The minimum absolute atomic E-state index is 0.0196. The lowest BCUT2D eigenvalue weighted by Crippen LogP contribution is -2.50. The quantitative estimate of drug-likeness (QED) is 0.865. The van der Waals surface area contributed by atoms with Crippen molar-refractivity contribution in [3.8, 4) is 0 Å². The van der Waals surface area contributed by atoms with Crippen LogP contribution in [0.5, 0.6) is 0 Å². The van der Waals surface area contributed by atoms with Gasteiger partial charge in [-0.15, -0.1) is 0 Å². The Labute approximate surface area is 130 Å². The van der Waals surface area contributed by atoms with E-state index in [1.807, 2.05) is 19.1 Å². The average Bonchev–Trinajstić information content (AvgIpc) is 2.30. The Kier molecular flexibility index (Phi) is 5.17. The number of carbonyl (C=O) groups is 1. The third-order valence-corrected chi connectivity index (χ3v) is 4.21. The molecule has 0 aliphatic heterocycles. The zero-order chi connectivity index (χ0) is 14.7. The molecule has 5 heteroatoms. The predicted molar refractivity (Wildman–Crippen MR) is 83.5 cm³/mol. The molecular weight excluding hydrogens is 295 g/mol. The van der Waals surface area contributed by atoms with Crippen molar-refractivity contribution < 1.29 is 4.79 Å². The number of nitrogens with one attached hydrogen (secondary N) is 2. The van der Waals surface area contributed by atoms with E-state index in [-0.39, 0.29) is 12.1 Å². The summed E-state index contributed by atoms with van der Waals surface area (Å²) < 4.78 is 0. The SMILES string of the molecule is CC1CC(NC(=O)NC(C)Cc2ccc(Cl)cc2Cl)C1. The number of halogens is 2. The molecule has 0 saturated heterocycles. The third kappa shape index (κ3) is 4.29. The highest BCUT2D eigenvalue weighted by Crippen LogP contribution is 2.26. The van der Waals surface area contributed by atoms with E-state index in [9.17, 15) is 4.79 Å². The van der Waals surface area contributed by atoms with Crippen LogP contribution in [0, 0.1) is 5.92 Å². The highest BCUT2D eigenvalue weighted by atomic mass is 35.5. The number of urea groups is 1. The van der Waals surface area contributed by atoms with Gasteiger partial charge in [-0.25, -0.2) is 4.79 Å². The van der Waals surface area contributed by atoms with Crippen LogP contribution in [0.3, 0.4) is 0 Å². The van der Waals surface area contributed by atoms with Crippen LogP contribution < -0.4 is 10.6 Å². The Balaban J connectivity index is 1.79. The van der Waals surface area contributed by atoms with Crippen molar-refractivity contribution in [1.82, 2.24) is 10.6 Å². The highest BCUT2D eigenvalue weighted by Gasteiger charge is 2.26. The van der Waals surface area contributed by atoms with Gasteiger partial charge in [0.1, 0.15) is 0 Å². The zero-order valence-electron chi connectivity index (χ0n) is 11.7. The summed E-state index contributed by atoms with van der Waals surface area (Å²) in [5.41, 5.74) is 0.987. The molecule has 1 unspecified atom stereocenters. The first-order valence-corrected chi connectivity index (χ1v) is 7.70. The molecule has 0 bridgehead atoms. The molecule has 110 valence electrons. The van der Waals surface area contributed by atoms with Crippen LogP contribution in [0.25, 0.3) is 0 Å². The topological polar surface area (TPSA) is 41.1 Å². The van der Waals surface area contributed by atoms with Crippen molar-refractivity contribution in [1.29, 1.82) is 0 Å². The monoisotopic (exact) mass is 314 g/mol. The molecule has 0 radical (unpaired) electrons. The average molecular weight is 315 g/mol. The summed E-state index contributed by atoms with van der Waals surface area (Å²) in [6.45, 7) is 4.16. The molecule has 1 aromatic carbocycles. The highest BCUT2D eigenvalue weighted by molar-refractivity contribution is 6.35. The Morgan fingerprint density at radius 2 is 2.10 bits per heavy atom. The van der Waals surface area contributed by atoms with E-state index in [0.717, 1.165) is 24.3 Å². The van der Waals surface area contributed by atoms with Crippen molar-refractivity contribution in [2.75, 3.05) is 0 Å². The van der Waals surface area contributed by atoms with E-state index in [4.69, 9.17) is 23.2 Å². The van der Waals surface area contributed by atoms with E-state index in [2.05, 4.69) is 17.6 Å². The first-order valence-electron chi connectivity index (χ1n) is 6.95.